The third-order valence-corrected chi connectivity index (χ3v) is 2.89. The van der Waals surface area contributed by atoms with E-state index in [1.807, 2.05) is 0 Å². The summed E-state index contributed by atoms with van der Waals surface area (Å²) in [5.41, 5.74) is 4.70. The van der Waals surface area contributed by atoms with Crippen molar-refractivity contribution >= 4 is 17.6 Å². The van der Waals surface area contributed by atoms with Crippen molar-refractivity contribution in [1.29, 1.82) is 0 Å². The molecule has 1 atom stereocenters. The molecule has 1 aromatic carbocycles. The molecule has 3 N–H and O–H groups in total. The Kier molecular flexibility index (Phi) is 4.61. The van der Waals surface area contributed by atoms with Crippen LogP contribution in [0.25, 0.3) is 0 Å². The monoisotopic (exact) mass is 268 g/mol. The van der Waals surface area contributed by atoms with Gasteiger partial charge in [0.15, 0.2) is 0 Å². The van der Waals surface area contributed by atoms with Gasteiger partial charge in [-0.25, -0.2) is 9.18 Å². The molecule has 104 valence electrons. The summed E-state index contributed by atoms with van der Waals surface area (Å²) in [5.74, 6) is -1.77. The number of methoxy groups -OCH3 is 1. The first kappa shape index (κ1) is 15.1. The highest BCUT2D eigenvalue weighted by molar-refractivity contribution is 5.99. The number of rotatable bonds is 4. The number of hydrogen-bond donors (Lipinski definition) is 2. The molecular formula is C13H17FN2O3. The van der Waals surface area contributed by atoms with E-state index in [-0.39, 0.29) is 11.3 Å². The highest BCUT2D eigenvalue weighted by Crippen LogP contribution is 2.18. The van der Waals surface area contributed by atoms with Gasteiger partial charge < -0.3 is 15.8 Å². The Bertz CT molecular complexity index is 501. The van der Waals surface area contributed by atoms with E-state index in [0.717, 1.165) is 6.07 Å². The molecule has 1 amide bonds. The van der Waals surface area contributed by atoms with Crippen molar-refractivity contribution in [2.24, 2.45) is 5.73 Å². The SMILES string of the molecule is CCC(C)(N)C(=O)Nc1cc(C(=O)OC)ccc1F. The molecule has 0 aliphatic carbocycles. The minimum Gasteiger partial charge on any atom is -0.465 e. The number of ether oxygens (including phenoxy) is 1. The fourth-order valence-corrected chi connectivity index (χ4v) is 1.29. The minimum atomic E-state index is -1.10. The molecule has 0 saturated heterocycles. The molecule has 5 nitrogen and oxygen atoms in total. The van der Waals surface area contributed by atoms with Crippen LogP contribution in [0.5, 0.6) is 0 Å². The minimum absolute atomic E-state index is 0.0991. The summed E-state index contributed by atoms with van der Waals surface area (Å²) in [4.78, 5) is 23.2. The molecule has 0 aliphatic heterocycles. The highest BCUT2D eigenvalue weighted by Gasteiger charge is 2.26. The zero-order valence-corrected chi connectivity index (χ0v) is 11.1. The van der Waals surface area contributed by atoms with Crippen molar-refractivity contribution in [2.75, 3.05) is 12.4 Å². The zero-order valence-electron chi connectivity index (χ0n) is 11.1. The van der Waals surface area contributed by atoms with Crippen LogP contribution in [0.15, 0.2) is 18.2 Å². The van der Waals surface area contributed by atoms with Gasteiger partial charge >= 0.3 is 5.97 Å². The quantitative estimate of drug-likeness (QED) is 0.814. The van der Waals surface area contributed by atoms with Gasteiger partial charge in [-0.3, -0.25) is 4.79 Å². The van der Waals surface area contributed by atoms with Crippen molar-refractivity contribution in [3.05, 3.63) is 29.6 Å². The Hall–Kier alpha value is -1.95. The second-order valence-corrected chi connectivity index (χ2v) is 4.41. The first-order chi connectivity index (χ1) is 8.81. The van der Waals surface area contributed by atoms with Gasteiger partial charge in [0.2, 0.25) is 5.91 Å². The Labute approximate surface area is 110 Å². The lowest BCUT2D eigenvalue weighted by Gasteiger charge is -2.21. The molecular weight excluding hydrogens is 251 g/mol. The van der Waals surface area contributed by atoms with E-state index in [9.17, 15) is 14.0 Å². The summed E-state index contributed by atoms with van der Waals surface area (Å²) >= 11 is 0. The number of amides is 1. The number of halogens is 1. The van der Waals surface area contributed by atoms with Crippen molar-refractivity contribution in [3.63, 3.8) is 0 Å². The maximum atomic E-state index is 13.6. The van der Waals surface area contributed by atoms with Crippen LogP contribution in [0.2, 0.25) is 0 Å². The predicted molar refractivity (Wildman–Crippen MR) is 69.3 cm³/mol. The maximum Gasteiger partial charge on any atom is 0.337 e. The fraction of sp³-hybridized carbons (Fsp3) is 0.385. The van der Waals surface area contributed by atoms with Crippen LogP contribution in [0.1, 0.15) is 30.6 Å². The lowest BCUT2D eigenvalue weighted by Crippen LogP contribution is -2.47. The third kappa shape index (κ3) is 3.51. The number of nitrogens with two attached hydrogens (primary N) is 1. The van der Waals surface area contributed by atoms with Crippen molar-refractivity contribution < 1.29 is 18.7 Å². The summed E-state index contributed by atoms with van der Waals surface area (Å²) in [6, 6.07) is 3.57. The summed E-state index contributed by atoms with van der Waals surface area (Å²) in [6.07, 6.45) is 0.400. The molecule has 1 aromatic rings. The molecule has 1 rings (SSSR count). The largest absolute Gasteiger partial charge is 0.465 e. The average Bonchev–Trinajstić information content (AvgIpc) is 2.40. The third-order valence-electron chi connectivity index (χ3n) is 2.89. The highest BCUT2D eigenvalue weighted by atomic mass is 19.1. The molecule has 0 aromatic heterocycles. The average molecular weight is 268 g/mol. The number of carbonyl (C=O) groups is 2. The Morgan fingerprint density at radius 2 is 2.11 bits per heavy atom. The Balaban J connectivity index is 3.01. The second kappa shape index (κ2) is 5.79. The maximum absolute atomic E-state index is 13.6. The van der Waals surface area contributed by atoms with Gasteiger partial charge in [-0.05, 0) is 31.5 Å². The van der Waals surface area contributed by atoms with Gasteiger partial charge in [-0.2, -0.15) is 0 Å². The first-order valence-corrected chi connectivity index (χ1v) is 5.80. The summed E-state index contributed by atoms with van der Waals surface area (Å²) in [6.45, 7) is 3.30. The standard InChI is InChI=1S/C13H17FN2O3/c1-4-13(2,15)12(18)16-10-7-8(11(17)19-3)5-6-9(10)14/h5-7H,4,15H2,1-3H3,(H,16,18). The molecule has 0 heterocycles. The lowest BCUT2D eigenvalue weighted by molar-refractivity contribution is -0.120. The second-order valence-electron chi connectivity index (χ2n) is 4.41. The van der Waals surface area contributed by atoms with Crippen LogP contribution in [0.4, 0.5) is 10.1 Å². The van der Waals surface area contributed by atoms with Gasteiger partial charge in [0.1, 0.15) is 5.82 Å². The first-order valence-electron chi connectivity index (χ1n) is 5.80. The van der Waals surface area contributed by atoms with Crippen molar-refractivity contribution in [2.45, 2.75) is 25.8 Å². The topological polar surface area (TPSA) is 81.4 Å². The molecule has 0 fully saturated rings. The molecule has 0 saturated carbocycles. The summed E-state index contributed by atoms with van der Waals surface area (Å²) in [7, 11) is 1.22. The summed E-state index contributed by atoms with van der Waals surface area (Å²) < 4.78 is 18.1. The molecule has 19 heavy (non-hydrogen) atoms. The molecule has 0 aliphatic rings. The normalized spacial score (nSPS) is 13.5. The predicted octanol–water partition coefficient (Wildman–Crippen LogP) is 1.68. The van der Waals surface area contributed by atoms with E-state index in [0.29, 0.717) is 6.42 Å². The van der Waals surface area contributed by atoms with E-state index in [4.69, 9.17) is 5.73 Å². The van der Waals surface area contributed by atoms with Crippen molar-refractivity contribution in [3.8, 4) is 0 Å². The van der Waals surface area contributed by atoms with Crippen molar-refractivity contribution in [1.82, 2.24) is 0 Å². The molecule has 0 bridgehead atoms. The number of nitrogens with one attached hydrogen (secondary N) is 1. The molecule has 6 heteroatoms. The molecule has 1 unspecified atom stereocenters. The zero-order chi connectivity index (χ0) is 14.6. The van der Waals surface area contributed by atoms with Crippen LogP contribution >= 0.6 is 0 Å². The van der Waals surface area contributed by atoms with E-state index in [1.54, 1.807) is 13.8 Å². The van der Waals surface area contributed by atoms with Gasteiger partial charge in [-0.15, -0.1) is 0 Å². The van der Waals surface area contributed by atoms with Crippen LogP contribution in [-0.2, 0) is 9.53 Å². The lowest BCUT2D eigenvalue weighted by atomic mass is 9.99. The fourth-order valence-electron chi connectivity index (χ4n) is 1.29. The summed E-state index contributed by atoms with van der Waals surface area (Å²) in [5, 5.41) is 2.37. The number of anilines is 1. The number of benzene rings is 1. The van der Waals surface area contributed by atoms with E-state index in [1.165, 1.54) is 19.2 Å². The van der Waals surface area contributed by atoms with Gasteiger partial charge in [0.05, 0.1) is 23.9 Å². The Morgan fingerprint density at radius 3 is 2.63 bits per heavy atom. The van der Waals surface area contributed by atoms with Crippen LogP contribution < -0.4 is 11.1 Å². The Morgan fingerprint density at radius 1 is 1.47 bits per heavy atom. The molecule has 0 radical (unpaired) electrons. The molecule has 0 spiro atoms. The smallest absolute Gasteiger partial charge is 0.337 e. The van der Waals surface area contributed by atoms with E-state index in [2.05, 4.69) is 10.1 Å². The number of esters is 1. The van der Waals surface area contributed by atoms with E-state index < -0.39 is 23.2 Å². The van der Waals surface area contributed by atoms with Gasteiger partial charge in [-0.1, -0.05) is 6.92 Å². The van der Waals surface area contributed by atoms with Gasteiger partial charge in [0.25, 0.3) is 0 Å². The van der Waals surface area contributed by atoms with Gasteiger partial charge in [0, 0.05) is 0 Å². The van der Waals surface area contributed by atoms with Crippen LogP contribution in [-0.4, -0.2) is 24.5 Å². The van der Waals surface area contributed by atoms with Crippen LogP contribution in [0, 0.1) is 5.82 Å². The number of carbonyl (C=O) groups excluding carboxylic acids is 2. The van der Waals surface area contributed by atoms with E-state index >= 15 is 0 Å². The number of hydrogen-bond acceptors (Lipinski definition) is 4. The van der Waals surface area contributed by atoms with Crippen LogP contribution in [0.3, 0.4) is 0 Å².